The van der Waals surface area contributed by atoms with Crippen LogP contribution in [0.25, 0.3) is 10.2 Å². The molecule has 0 spiro atoms. The zero-order valence-corrected chi connectivity index (χ0v) is 19.8. The smallest absolute Gasteiger partial charge is 0.253 e. The molecule has 33 heavy (non-hydrogen) atoms. The first-order valence-corrected chi connectivity index (χ1v) is 13.5. The van der Waals surface area contributed by atoms with Gasteiger partial charge < -0.3 is 0 Å². The van der Waals surface area contributed by atoms with Gasteiger partial charge in [0.2, 0.25) is 5.91 Å². The van der Waals surface area contributed by atoms with Crippen LogP contribution in [0, 0.1) is 5.82 Å². The van der Waals surface area contributed by atoms with Crippen LogP contribution in [0.4, 0.5) is 9.52 Å². The Morgan fingerprint density at radius 2 is 2.15 bits per heavy atom. The van der Waals surface area contributed by atoms with E-state index in [9.17, 15) is 17.6 Å². The number of aromatic nitrogens is 3. The Morgan fingerprint density at radius 3 is 2.91 bits per heavy atom. The van der Waals surface area contributed by atoms with Gasteiger partial charge in [-0.05, 0) is 48.6 Å². The summed E-state index contributed by atoms with van der Waals surface area (Å²) in [6, 6.07) is 8.49. The first kappa shape index (κ1) is 22.1. The molecule has 1 aromatic carbocycles. The predicted octanol–water partition coefficient (Wildman–Crippen LogP) is 3.58. The zero-order valence-electron chi connectivity index (χ0n) is 17.4. The Hall–Kier alpha value is -2.67. The van der Waals surface area contributed by atoms with E-state index in [0.29, 0.717) is 34.7 Å². The molecule has 0 N–H and O–H groups in total. The summed E-state index contributed by atoms with van der Waals surface area (Å²) >= 11 is 2.34. The highest BCUT2D eigenvalue weighted by Crippen LogP contribution is 2.33. The highest BCUT2D eigenvalue weighted by molar-refractivity contribution is 7.91. The average molecular weight is 506 g/mol. The molecular weight excluding hydrogens is 485 g/mol. The minimum absolute atomic E-state index is 0.223. The molecule has 5 rings (SSSR count). The van der Waals surface area contributed by atoms with Crippen LogP contribution in [0.2, 0.25) is 0 Å². The molecule has 3 aromatic heterocycles. The molecule has 0 saturated carbocycles. The molecular formula is C21H20FN5O3S3. The van der Waals surface area contributed by atoms with Crippen LogP contribution >= 0.6 is 22.7 Å². The van der Waals surface area contributed by atoms with Crippen molar-refractivity contribution in [2.75, 3.05) is 18.0 Å². The fraction of sp³-hybridized carbons (Fsp3) is 0.286. The van der Waals surface area contributed by atoms with Crippen molar-refractivity contribution in [2.24, 2.45) is 0 Å². The summed E-state index contributed by atoms with van der Waals surface area (Å²) in [5, 5.41) is 6.30. The van der Waals surface area contributed by atoms with Crippen molar-refractivity contribution >= 4 is 54.0 Å². The van der Waals surface area contributed by atoms with E-state index in [1.165, 1.54) is 32.7 Å². The molecule has 0 bridgehead atoms. The van der Waals surface area contributed by atoms with Gasteiger partial charge in [0, 0.05) is 25.5 Å². The average Bonchev–Trinajstić information content (AvgIpc) is 3.60. The maximum Gasteiger partial charge on any atom is 0.253 e. The second kappa shape index (κ2) is 8.93. The van der Waals surface area contributed by atoms with Gasteiger partial charge in [-0.1, -0.05) is 17.4 Å². The summed E-state index contributed by atoms with van der Waals surface area (Å²) in [5.74, 6) is -0.713. The molecule has 4 heterocycles. The first-order valence-electron chi connectivity index (χ1n) is 10.3. The van der Waals surface area contributed by atoms with Crippen molar-refractivity contribution in [2.45, 2.75) is 29.6 Å². The molecule has 1 fully saturated rings. The number of rotatable bonds is 7. The molecule has 4 aromatic rings. The number of hydrogen-bond donors (Lipinski definition) is 0. The lowest BCUT2D eigenvalue weighted by molar-refractivity contribution is -0.121. The van der Waals surface area contributed by atoms with Crippen molar-refractivity contribution in [3.63, 3.8) is 0 Å². The SMILES string of the molecule is O=C(C1CCCN1S(=O)(=O)c1cccs1)N(CCn1cccn1)c1nc2ccc(F)cc2s1. The summed E-state index contributed by atoms with van der Waals surface area (Å²) < 4.78 is 43.9. The quantitative estimate of drug-likeness (QED) is 0.383. The Labute approximate surface area is 197 Å². The van der Waals surface area contributed by atoms with Crippen molar-refractivity contribution in [3.8, 4) is 0 Å². The fourth-order valence-corrected chi connectivity index (χ4v) is 7.71. The van der Waals surface area contributed by atoms with E-state index in [1.54, 1.807) is 46.7 Å². The summed E-state index contributed by atoms with van der Waals surface area (Å²) in [6.45, 7) is 0.953. The lowest BCUT2D eigenvalue weighted by atomic mass is 10.2. The summed E-state index contributed by atoms with van der Waals surface area (Å²) in [7, 11) is -3.77. The Balaban J connectivity index is 1.48. The molecule has 1 aliphatic rings. The number of thiophene rings is 1. The number of thiazole rings is 1. The van der Waals surface area contributed by atoms with E-state index < -0.39 is 16.1 Å². The van der Waals surface area contributed by atoms with Gasteiger partial charge in [-0.3, -0.25) is 14.4 Å². The maximum absolute atomic E-state index is 13.8. The summed E-state index contributed by atoms with van der Waals surface area (Å²) in [5.41, 5.74) is 0.586. The summed E-state index contributed by atoms with van der Waals surface area (Å²) in [4.78, 5) is 19.8. The van der Waals surface area contributed by atoms with Gasteiger partial charge in [0.1, 0.15) is 16.1 Å². The van der Waals surface area contributed by atoms with Gasteiger partial charge in [-0.2, -0.15) is 9.40 Å². The Kier molecular flexibility index (Phi) is 5.99. The Bertz CT molecular complexity index is 1370. The normalized spacial score (nSPS) is 17.1. The Morgan fingerprint density at radius 1 is 1.27 bits per heavy atom. The fourth-order valence-electron chi connectivity index (χ4n) is 3.92. The van der Waals surface area contributed by atoms with Gasteiger partial charge >= 0.3 is 0 Å². The van der Waals surface area contributed by atoms with E-state index in [0.717, 1.165) is 11.3 Å². The van der Waals surface area contributed by atoms with Gasteiger partial charge in [0.05, 0.1) is 16.8 Å². The van der Waals surface area contributed by atoms with Crippen LogP contribution in [0.5, 0.6) is 0 Å². The van der Waals surface area contributed by atoms with E-state index >= 15 is 0 Å². The minimum Gasteiger partial charge on any atom is -0.285 e. The predicted molar refractivity (Wildman–Crippen MR) is 125 cm³/mol. The number of amides is 1. The number of carbonyl (C=O) groups excluding carboxylic acids is 1. The van der Waals surface area contributed by atoms with Gasteiger partial charge in [0.25, 0.3) is 10.0 Å². The topological polar surface area (TPSA) is 88.4 Å². The number of sulfonamides is 1. The minimum atomic E-state index is -3.77. The van der Waals surface area contributed by atoms with Crippen LogP contribution < -0.4 is 4.90 Å². The number of carbonyl (C=O) groups is 1. The van der Waals surface area contributed by atoms with E-state index in [-0.39, 0.29) is 29.0 Å². The number of halogens is 1. The monoisotopic (exact) mass is 505 g/mol. The number of anilines is 1. The molecule has 0 aliphatic carbocycles. The number of benzene rings is 1. The van der Waals surface area contributed by atoms with E-state index in [2.05, 4.69) is 10.1 Å². The molecule has 12 heteroatoms. The number of hydrogen-bond acceptors (Lipinski definition) is 7. The largest absolute Gasteiger partial charge is 0.285 e. The molecule has 0 radical (unpaired) electrons. The highest BCUT2D eigenvalue weighted by atomic mass is 32.2. The molecule has 1 amide bonds. The number of fused-ring (bicyclic) bond motifs is 1. The third-order valence-electron chi connectivity index (χ3n) is 5.49. The van der Waals surface area contributed by atoms with Crippen molar-refractivity contribution in [1.82, 2.24) is 19.1 Å². The lowest BCUT2D eigenvalue weighted by Crippen LogP contribution is -2.48. The molecule has 8 nitrogen and oxygen atoms in total. The first-order chi connectivity index (χ1) is 15.9. The van der Waals surface area contributed by atoms with Crippen LogP contribution in [0.15, 0.2) is 58.4 Å². The lowest BCUT2D eigenvalue weighted by Gasteiger charge is -2.28. The molecule has 1 atom stereocenters. The van der Waals surface area contributed by atoms with Gasteiger partial charge in [-0.15, -0.1) is 11.3 Å². The molecule has 1 saturated heterocycles. The van der Waals surface area contributed by atoms with E-state index in [1.807, 2.05) is 0 Å². The van der Waals surface area contributed by atoms with Crippen molar-refractivity contribution < 1.29 is 17.6 Å². The standard InChI is InChI=1S/C21H20FN5O3S3/c22-15-6-7-16-18(14-15)32-21(24-16)26(12-11-25-9-3-8-23-25)20(28)17-4-1-10-27(17)33(29,30)19-5-2-13-31-19/h2-3,5-9,13-14,17H,1,4,10-12H2. The maximum atomic E-state index is 13.8. The van der Waals surface area contributed by atoms with Crippen molar-refractivity contribution in [1.29, 1.82) is 0 Å². The zero-order chi connectivity index (χ0) is 23.0. The second-order valence-electron chi connectivity index (χ2n) is 7.57. The van der Waals surface area contributed by atoms with Gasteiger partial charge in [-0.25, -0.2) is 17.8 Å². The summed E-state index contributed by atoms with van der Waals surface area (Å²) in [6.07, 6.45) is 4.47. The van der Waals surface area contributed by atoms with Crippen LogP contribution in [-0.4, -0.2) is 52.5 Å². The molecule has 172 valence electrons. The number of nitrogens with zero attached hydrogens (tertiary/aromatic N) is 5. The third-order valence-corrected chi connectivity index (χ3v) is 9.82. The molecule has 1 unspecified atom stereocenters. The van der Waals surface area contributed by atoms with Crippen LogP contribution in [0.3, 0.4) is 0 Å². The van der Waals surface area contributed by atoms with Crippen molar-refractivity contribution in [3.05, 3.63) is 60.0 Å². The second-order valence-corrected chi connectivity index (χ2v) is 11.6. The van der Waals surface area contributed by atoms with E-state index in [4.69, 9.17) is 0 Å². The van der Waals surface area contributed by atoms with Gasteiger partial charge in [0.15, 0.2) is 5.13 Å². The third kappa shape index (κ3) is 4.31. The van der Waals surface area contributed by atoms with Crippen LogP contribution in [0.1, 0.15) is 12.8 Å². The highest BCUT2D eigenvalue weighted by Gasteiger charge is 2.42. The molecule has 1 aliphatic heterocycles. The van der Waals surface area contributed by atoms with Crippen LogP contribution in [-0.2, 0) is 21.4 Å².